The number of methoxy groups -OCH3 is 2. The van der Waals surface area contributed by atoms with Gasteiger partial charge in [0.15, 0.2) is 0 Å². The van der Waals surface area contributed by atoms with E-state index >= 15 is 0 Å². The minimum Gasteiger partial charge on any atom is -0.496 e. The molecule has 3 aromatic carbocycles. The van der Waals surface area contributed by atoms with Crippen LogP contribution < -0.4 is 9.64 Å². The van der Waals surface area contributed by atoms with Crippen molar-refractivity contribution >= 4 is 23.1 Å². The van der Waals surface area contributed by atoms with Gasteiger partial charge in [0, 0.05) is 5.56 Å². The van der Waals surface area contributed by atoms with Crippen molar-refractivity contribution in [2.75, 3.05) is 19.1 Å². The highest BCUT2D eigenvalue weighted by Crippen LogP contribution is 2.43. The minimum atomic E-state index is -5.16. The molecule has 222 valence electrons. The molecule has 0 heterocycles. The molecule has 3 aromatic rings. The Hall–Kier alpha value is -3.48. The maximum atomic E-state index is 14.2. The summed E-state index contributed by atoms with van der Waals surface area (Å²) in [5, 5.41) is -0.610. The third-order valence-corrected chi connectivity index (χ3v) is 6.57. The molecule has 0 fully saturated rings. The zero-order chi connectivity index (χ0) is 30.9. The van der Waals surface area contributed by atoms with Crippen LogP contribution in [0.3, 0.4) is 0 Å². The van der Waals surface area contributed by atoms with Crippen molar-refractivity contribution in [3.05, 3.63) is 82.4 Å². The van der Waals surface area contributed by atoms with Crippen LogP contribution in [0.4, 0.5) is 45.2 Å². The van der Waals surface area contributed by atoms with Crippen molar-refractivity contribution in [1.82, 2.24) is 0 Å². The molecule has 0 amide bonds. The van der Waals surface area contributed by atoms with Crippen LogP contribution in [0.2, 0.25) is 0 Å². The van der Waals surface area contributed by atoms with Crippen molar-refractivity contribution in [1.29, 1.82) is 0 Å². The van der Waals surface area contributed by atoms with Crippen LogP contribution in [-0.4, -0.2) is 19.4 Å². The molecule has 0 radical (unpaired) electrons. The lowest BCUT2D eigenvalue weighted by molar-refractivity contribution is -0.143. The lowest BCUT2D eigenvalue weighted by atomic mass is 9.95. The Kier molecular flexibility index (Phi) is 9.21. The standard InChI is InChI=1S/C28H24F9NO2S/c1-15(2)17-6-8-24(39-3)21(11-17)18-5-7-22(28(35,36)37)23(12-18)38(25(41)40-4)14-16-9-19(26(29,30)31)13-20(10-16)27(32,33)34/h5-13,15H,14H2,1-4H3. The van der Waals surface area contributed by atoms with Gasteiger partial charge in [-0.3, -0.25) is 4.90 Å². The van der Waals surface area contributed by atoms with Crippen molar-refractivity contribution in [2.24, 2.45) is 0 Å². The third kappa shape index (κ3) is 7.43. The van der Waals surface area contributed by atoms with E-state index in [-0.39, 0.29) is 17.5 Å². The molecular formula is C28H24F9NO2S. The highest BCUT2D eigenvalue weighted by molar-refractivity contribution is 7.80. The highest BCUT2D eigenvalue weighted by Gasteiger charge is 2.39. The number of rotatable bonds is 6. The fourth-order valence-electron chi connectivity index (χ4n) is 4.12. The Balaban J connectivity index is 2.28. The summed E-state index contributed by atoms with van der Waals surface area (Å²) in [7, 11) is 2.39. The van der Waals surface area contributed by atoms with Gasteiger partial charge in [0.1, 0.15) is 5.75 Å². The molecule has 0 unspecified atom stereocenters. The zero-order valence-corrected chi connectivity index (χ0v) is 22.9. The van der Waals surface area contributed by atoms with Crippen LogP contribution in [0.5, 0.6) is 5.75 Å². The van der Waals surface area contributed by atoms with Gasteiger partial charge in [-0.25, -0.2) is 0 Å². The van der Waals surface area contributed by atoms with Crippen molar-refractivity contribution < 1.29 is 49.0 Å². The van der Waals surface area contributed by atoms with E-state index in [4.69, 9.17) is 21.7 Å². The zero-order valence-electron chi connectivity index (χ0n) is 22.1. The van der Waals surface area contributed by atoms with E-state index in [1.54, 1.807) is 18.2 Å². The highest BCUT2D eigenvalue weighted by atomic mass is 32.1. The summed E-state index contributed by atoms with van der Waals surface area (Å²) >= 11 is 5.08. The molecule has 0 spiro atoms. The number of nitrogens with zero attached hydrogens (tertiary/aromatic N) is 1. The Morgan fingerprint density at radius 3 is 1.83 bits per heavy atom. The summed E-state index contributed by atoms with van der Waals surface area (Å²) < 4.78 is 134. The number of thiocarbonyl (C=S) groups is 1. The van der Waals surface area contributed by atoms with Crippen LogP contribution in [0.15, 0.2) is 54.6 Å². The fourth-order valence-corrected chi connectivity index (χ4v) is 4.29. The summed E-state index contributed by atoms with van der Waals surface area (Å²) in [5.74, 6) is 0.378. The lowest BCUT2D eigenvalue weighted by Crippen LogP contribution is -2.32. The normalized spacial score (nSPS) is 12.4. The second-order valence-corrected chi connectivity index (χ2v) is 9.66. The van der Waals surface area contributed by atoms with Gasteiger partial charge in [-0.15, -0.1) is 0 Å². The van der Waals surface area contributed by atoms with Crippen LogP contribution in [0.25, 0.3) is 11.1 Å². The van der Waals surface area contributed by atoms with Crippen molar-refractivity contribution in [3.63, 3.8) is 0 Å². The summed E-state index contributed by atoms with van der Waals surface area (Å²) in [6.07, 6.45) is -15.3. The van der Waals surface area contributed by atoms with Gasteiger partial charge in [0.25, 0.3) is 5.17 Å². The maximum absolute atomic E-state index is 14.2. The monoisotopic (exact) mass is 609 g/mol. The van der Waals surface area contributed by atoms with Gasteiger partial charge < -0.3 is 9.47 Å². The summed E-state index contributed by atoms with van der Waals surface area (Å²) in [6.45, 7) is 2.93. The van der Waals surface area contributed by atoms with Crippen LogP contribution in [0, 0.1) is 0 Å². The average molecular weight is 610 g/mol. The first kappa shape index (κ1) is 32.0. The Bertz CT molecular complexity index is 1380. The molecule has 0 aliphatic heterocycles. The topological polar surface area (TPSA) is 21.7 Å². The smallest absolute Gasteiger partial charge is 0.418 e. The van der Waals surface area contributed by atoms with Crippen molar-refractivity contribution in [3.8, 4) is 16.9 Å². The summed E-state index contributed by atoms with van der Waals surface area (Å²) in [4.78, 5) is 0.704. The molecule has 0 N–H and O–H groups in total. The van der Waals surface area contributed by atoms with E-state index in [2.05, 4.69) is 0 Å². The molecule has 3 nitrogen and oxygen atoms in total. The van der Waals surface area contributed by atoms with Gasteiger partial charge in [-0.2, -0.15) is 39.5 Å². The number of hydrogen-bond donors (Lipinski definition) is 0. The van der Waals surface area contributed by atoms with Crippen LogP contribution >= 0.6 is 12.2 Å². The molecule has 0 aliphatic rings. The minimum absolute atomic E-state index is 0.0508. The Morgan fingerprint density at radius 2 is 1.37 bits per heavy atom. The third-order valence-electron chi connectivity index (χ3n) is 6.18. The molecular weight excluding hydrogens is 585 g/mol. The number of hydrogen-bond acceptors (Lipinski definition) is 3. The average Bonchev–Trinajstić information content (AvgIpc) is 2.88. The first-order chi connectivity index (χ1) is 18.9. The van der Waals surface area contributed by atoms with Gasteiger partial charge in [0.05, 0.1) is 43.1 Å². The fraction of sp³-hybridized carbons (Fsp3) is 0.321. The van der Waals surface area contributed by atoms with E-state index in [0.29, 0.717) is 28.3 Å². The Morgan fingerprint density at radius 1 is 0.780 bits per heavy atom. The molecule has 0 saturated heterocycles. The molecule has 3 rings (SSSR count). The first-order valence-electron chi connectivity index (χ1n) is 11.9. The van der Waals surface area contributed by atoms with E-state index in [1.807, 2.05) is 13.8 Å². The number of alkyl halides is 9. The number of benzene rings is 3. The predicted molar refractivity (Wildman–Crippen MR) is 140 cm³/mol. The van der Waals surface area contributed by atoms with Crippen LogP contribution in [0.1, 0.15) is 47.6 Å². The molecule has 13 heteroatoms. The molecule has 0 bridgehead atoms. The number of ether oxygens (including phenoxy) is 2. The van der Waals surface area contributed by atoms with Gasteiger partial charge in [-0.05, 0) is 77.3 Å². The van der Waals surface area contributed by atoms with E-state index in [1.165, 1.54) is 13.2 Å². The number of anilines is 1. The van der Waals surface area contributed by atoms with Crippen LogP contribution in [-0.2, 0) is 29.8 Å². The maximum Gasteiger partial charge on any atom is 0.418 e. The SMILES string of the molecule is COC(=S)N(Cc1cc(C(F)(F)F)cc(C(F)(F)F)c1)c1cc(-c2cc(C(C)C)ccc2OC)ccc1C(F)(F)F. The molecule has 0 saturated carbocycles. The largest absolute Gasteiger partial charge is 0.496 e. The molecule has 0 aliphatic carbocycles. The van der Waals surface area contributed by atoms with E-state index in [0.717, 1.165) is 24.8 Å². The predicted octanol–water partition coefficient (Wildman–Crippen LogP) is 9.48. The first-order valence-corrected chi connectivity index (χ1v) is 12.3. The quantitative estimate of drug-likeness (QED) is 0.205. The van der Waals surface area contributed by atoms with Gasteiger partial charge in [-0.1, -0.05) is 26.0 Å². The lowest BCUT2D eigenvalue weighted by Gasteiger charge is -2.28. The summed E-state index contributed by atoms with van der Waals surface area (Å²) in [6, 6.07) is 8.96. The number of halogens is 9. The van der Waals surface area contributed by atoms with Crippen molar-refractivity contribution in [2.45, 2.75) is 44.8 Å². The van der Waals surface area contributed by atoms with Gasteiger partial charge >= 0.3 is 18.5 Å². The van der Waals surface area contributed by atoms with E-state index < -0.39 is 58.2 Å². The molecule has 0 aromatic heterocycles. The second-order valence-electron chi connectivity index (χ2n) is 9.31. The second kappa shape index (κ2) is 11.8. The van der Waals surface area contributed by atoms with E-state index in [9.17, 15) is 39.5 Å². The molecule has 0 atom stereocenters. The molecule has 41 heavy (non-hydrogen) atoms. The van der Waals surface area contributed by atoms with Gasteiger partial charge in [0.2, 0.25) is 0 Å². The summed E-state index contributed by atoms with van der Waals surface area (Å²) in [5.41, 5.74) is -4.21. The Labute approximate surface area is 235 Å².